The molecular weight excluding hydrogens is 835 g/mol. The highest BCUT2D eigenvalue weighted by atomic mass is 19.1. The van der Waals surface area contributed by atoms with E-state index in [0.717, 1.165) is 24.3 Å². The smallest absolute Gasteiger partial charge is 0.124 e. The molecular formula is C64H42F2N2. The predicted molar refractivity (Wildman–Crippen MR) is 281 cm³/mol. The lowest BCUT2D eigenvalue weighted by Crippen LogP contribution is -2.14. The number of para-hydroxylation sites is 2. The van der Waals surface area contributed by atoms with Gasteiger partial charge in [-0.15, -0.1) is 0 Å². The molecule has 68 heavy (non-hydrogen) atoms. The van der Waals surface area contributed by atoms with Crippen LogP contribution in [0.5, 0.6) is 0 Å². The van der Waals surface area contributed by atoms with Crippen molar-refractivity contribution in [1.29, 1.82) is 0 Å². The molecule has 0 fully saturated rings. The first-order valence-electron chi connectivity index (χ1n) is 31.2. The molecule has 0 saturated heterocycles. The lowest BCUT2D eigenvalue weighted by molar-refractivity contribution is 0.628. The molecule has 0 N–H and O–H groups in total. The monoisotopic (exact) mass is 896 g/mol. The second-order valence-corrected chi connectivity index (χ2v) is 15.6. The molecule has 2 nitrogen and oxygen atoms in total. The van der Waals surface area contributed by atoms with Crippen LogP contribution < -0.4 is 9.80 Å². The summed E-state index contributed by atoms with van der Waals surface area (Å²) >= 11 is 0. The Balaban J connectivity index is 1.23. The Morgan fingerprint density at radius 3 is 0.926 bits per heavy atom. The van der Waals surface area contributed by atoms with Crippen LogP contribution in [0.3, 0.4) is 0 Å². The minimum Gasteiger partial charge on any atom is -0.309 e. The first-order chi connectivity index (χ1) is 41.9. The van der Waals surface area contributed by atoms with Crippen LogP contribution in [-0.4, -0.2) is 0 Å². The average Bonchev–Trinajstić information content (AvgIpc) is 0.941. The summed E-state index contributed by atoms with van der Waals surface area (Å²) in [6, 6.07) is 20.1. The maximum Gasteiger partial charge on any atom is 0.124 e. The molecule has 12 aromatic carbocycles. The lowest BCUT2D eigenvalue weighted by atomic mass is 9.90. The van der Waals surface area contributed by atoms with E-state index < -0.39 is 155 Å². The maximum absolute atomic E-state index is 16.8. The molecule has 0 bridgehead atoms. The third-order valence-electron chi connectivity index (χ3n) is 11.8. The second-order valence-electron chi connectivity index (χ2n) is 15.6. The van der Waals surface area contributed by atoms with Gasteiger partial charge in [0.1, 0.15) is 11.6 Å². The molecule has 0 aromatic heterocycles. The summed E-state index contributed by atoms with van der Waals surface area (Å²) in [6.07, 6.45) is 0. The first kappa shape index (κ1) is 24.6. The molecule has 0 aliphatic carbocycles. The number of anilines is 6. The van der Waals surface area contributed by atoms with E-state index in [1.807, 2.05) is 0 Å². The van der Waals surface area contributed by atoms with E-state index in [0.29, 0.717) is 43.7 Å². The number of halogens is 2. The SMILES string of the molecule is [2H]c1c([2H])c([2H])c(-c2cc(F)cc(-c3c([2H])c([2H])c([2H])c([2H])c3[2H])c2N(c2ccccc2)c2ccc3ccc4c(N(c5ccccc5)c5c(-c6c([2H])c([2H])c([2H])c([2H])c6[2H])cc(F)cc5-c5c([2H])c([2H])c([2H])c([2H])c5[2H])ccc5ccc2c3c54)c([2H])c1[2H]. The molecule has 0 saturated carbocycles. The van der Waals surface area contributed by atoms with Gasteiger partial charge in [-0.05, 0) is 104 Å². The van der Waals surface area contributed by atoms with Gasteiger partial charge in [-0.2, -0.15) is 0 Å². The van der Waals surface area contributed by atoms with Crippen molar-refractivity contribution >= 4 is 66.4 Å². The van der Waals surface area contributed by atoms with E-state index in [-0.39, 0.29) is 45.0 Å². The van der Waals surface area contributed by atoms with Crippen LogP contribution >= 0.6 is 0 Å². The molecule has 0 heterocycles. The molecule has 322 valence electrons. The van der Waals surface area contributed by atoms with Crippen molar-refractivity contribution in [2.45, 2.75) is 0 Å². The zero-order chi connectivity index (χ0) is 63.0. The minimum atomic E-state index is -1.04. The van der Waals surface area contributed by atoms with Gasteiger partial charge in [0.25, 0.3) is 0 Å². The fraction of sp³-hybridized carbons (Fsp3) is 0. The number of benzene rings is 12. The van der Waals surface area contributed by atoms with Crippen molar-refractivity contribution in [3.8, 4) is 44.5 Å². The topological polar surface area (TPSA) is 6.48 Å². The Morgan fingerprint density at radius 1 is 0.324 bits per heavy atom. The van der Waals surface area contributed by atoms with Gasteiger partial charge in [0.05, 0.1) is 50.2 Å². The number of hydrogen-bond donors (Lipinski definition) is 0. The Morgan fingerprint density at radius 2 is 0.618 bits per heavy atom. The second kappa shape index (κ2) is 17.2. The first-order valence-corrected chi connectivity index (χ1v) is 21.2. The number of nitrogens with zero attached hydrogens (tertiary/aromatic N) is 2. The maximum atomic E-state index is 16.8. The quantitative estimate of drug-likeness (QED) is 0.126. The third kappa shape index (κ3) is 7.11. The Labute approximate surface area is 422 Å². The van der Waals surface area contributed by atoms with Gasteiger partial charge in [0.15, 0.2) is 0 Å². The van der Waals surface area contributed by atoms with Gasteiger partial charge in [-0.1, -0.05) is 194 Å². The van der Waals surface area contributed by atoms with Crippen molar-refractivity contribution in [1.82, 2.24) is 0 Å². The Bertz CT molecular complexity index is 4360. The van der Waals surface area contributed by atoms with Crippen LogP contribution in [0.25, 0.3) is 76.8 Å². The molecule has 0 spiro atoms. The molecule has 4 heteroatoms. The normalized spacial score (nSPS) is 15.5. The van der Waals surface area contributed by atoms with Crippen molar-refractivity contribution in [3.63, 3.8) is 0 Å². The molecule has 0 unspecified atom stereocenters. The number of hydrogen-bond acceptors (Lipinski definition) is 2. The molecule has 12 rings (SSSR count). The van der Waals surface area contributed by atoms with Crippen LogP contribution in [0.4, 0.5) is 42.9 Å². The molecule has 0 aliphatic rings. The van der Waals surface area contributed by atoms with E-state index >= 15 is 8.78 Å². The number of rotatable bonds is 10. The summed E-state index contributed by atoms with van der Waals surface area (Å²) in [5.41, 5.74) is -2.17. The van der Waals surface area contributed by atoms with E-state index in [1.165, 1.54) is 0 Å². The molecule has 12 aromatic rings. The van der Waals surface area contributed by atoms with E-state index in [9.17, 15) is 11.0 Å². The Hall–Kier alpha value is -8.86. The highest BCUT2D eigenvalue weighted by Crippen LogP contribution is 2.53. The van der Waals surface area contributed by atoms with Crippen LogP contribution in [0.15, 0.2) is 254 Å². The summed E-state index contributed by atoms with van der Waals surface area (Å²) in [4.78, 5) is 3.21. The zero-order valence-corrected chi connectivity index (χ0v) is 35.4. The minimum absolute atomic E-state index is 0.146. The fourth-order valence-electron chi connectivity index (χ4n) is 9.07. The predicted octanol–water partition coefficient (Wildman–Crippen LogP) is 18.5. The van der Waals surface area contributed by atoms with Crippen LogP contribution in [-0.2, 0) is 0 Å². The summed E-state index contributed by atoms with van der Waals surface area (Å²) in [7, 11) is 0. The molecule has 0 amide bonds. The standard InChI is InChI=1S/C64H42F2N2/c65-49-39-55(43-19-7-1-8-20-43)63(56(40-49)44-21-9-2-10-22-44)67(51-27-15-5-16-28-51)59-37-33-47-32-36-54-60(38-34-48-31-35-53(59)61(47)62(48)54)68(52-29-17-6-18-30-52)64-57(45-23-11-3-12-24-45)41-50(66)42-58(64)46-25-13-4-14-26-46/h1-42H/i1D,2D,3D,4D,7D,8D,9D,10D,11D,12D,13D,14D,19D,20D,21D,22D,23D,24D,25D,26D. The molecule has 0 aliphatic heterocycles. The summed E-state index contributed by atoms with van der Waals surface area (Å²) < 4.78 is 212. The van der Waals surface area contributed by atoms with Crippen LogP contribution in [0, 0.1) is 11.6 Å². The highest BCUT2D eigenvalue weighted by molar-refractivity contribution is 6.28. The third-order valence-corrected chi connectivity index (χ3v) is 11.8. The summed E-state index contributed by atoms with van der Waals surface area (Å²) in [6.45, 7) is 0. The summed E-state index contributed by atoms with van der Waals surface area (Å²) in [5.74, 6) is -2.09. The zero-order valence-electron chi connectivity index (χ0n) is 55.4. The van der Waals surface area contributed by atoms with Gasteiger partial charge >= 0.3 is 0 Å². The van der Waals surface area contributed by atoms with Crippen molar-refractivity contribution < 1.29 is 36.2 Å². The lowest BCUT2D eigenvalue weighted by Gasteiger charge is -2.33. The average molecular weight is 897 g/mol. The van der Waals surface area contributed by atoms with E-state index in [4.69, 9.17) is 16.4 Å². The Kier molecular flexibility index (Phi) is 6.21. The molecule has 0 atom stereocenters. The van der Waals surface area contributed by atoms with Gasteiger partial charge in [-0.3, -0.25) is 0 Å². The highest BCUT2D eigenvalue weighted by Gasteiger charge is 2.28. The van der Waals surface area contributed by atoms with Crippen LogP contribution in [0.2, 0.25) is 0 Å². The van der Waals surface area contributed by atoms with Gasteiger partial charge in [0.2, 0.25) is 0 Å². The molecule has 0 radical (unpaired) electrons. The van der Waals surface area contributed by atoms with Crippen LogP contribution in [0.1, 0.15) is 27.4 Å². The van der Waals surface area contributed by atoms with Gasteiger partial charge in [0, 0.05) is 44.4 Å². The summed E-state index contributed by atoms with van der Waals surface area (Å²) in [5, 5.41) is 3.26. The largest absolute Gasteiger partial charge is 0.309 e. The van der Waals surface area contributed by atoms with Crippen molar-refractivity contribution in [2.24, 2.45) is 0 Å². The van der Waals surface area contributed by atoms with Crippen molar-refractivity contribution in [2.75, 3.05) is 9.80 Å². The van der Waals surface area contributed by atoms with E-state index in [1.54, 1.807) is 119 Å². The van der Waals surface area contributed by atoms with Gasteiger partial charge < -0.3 is 9.80 Å². The van der Waals surface area contributed by atoms with Gasteiger partial charge in [-0.25, -0.2) is 8.78 Å². The van der Waals surface area contributed by atoms with Crippen molar-refractivity contribution in [3.05, 3.63) is 266 Å². The fourth-order valence-corrected chi connectivity index (χ4v) is 9.07. The van der Waals surface area contributed by atoms with E-state index in [2.05, 4.69) is 0 Å².